The molecule has 0 fully saturated rings. The van der Waals surface area contributed by atoms with Crippen LogP contribution in [0.5, 0.6) is 5.75 Å². The number of aliphatic hydroxyl groups excluding tert-OH is 1. The van der Waals surface area contributed by atoms with E-state index in [9.17, 15) is 14.7 Å². The number of carbonyl (C=O) groups is 2. The van der Waals surface area contributed by atoms with Crippen molar-refractivity contribution in [1.29, 1.82) is 0 Å². The van der Waals surface area contributed by atoms with Crippen molar-refractivity contribution in [2.75, 3.05) is 33.3 Å². The van der Waals surface area contributed by atoms with Gasteiger partial charge in [-0.15, -0.1) is 0 Å². The average molecular weight is 526 g/mol. The molecule has 0 spiro atoms. The molecule has 210 valence electrons. The van der Waals surface area contributed by atoms with Gasteiger partial charge < -0.3 is 25.4 Å². The molecule has 2 amide bonds. The van der Waals surface area contributed by atoms with Crippen molar-refractivity contribution in [3.05, 3.63) is 64.7 Å². The summed E-state index contributed by atoms with van der Waals surface area (Å²) in [6.07, 6.45) is 2.40. The minimum absolute atomic E-state index is 0.0613. The maximum Gasteiger partial charge on any atom is 0.253 e. The highest BCUT2D eigenvalue weighted by Gasteiger charge is 2.24. The number of benzene rings is 2. The fourth-order valence-electron chi connectivity index (χ4n) is 4.45. The van der Waals surface area contributed by atoms with Gasteiger partial charge in [0.15, 0.2) is 0 Å². The standard InChI is InChI=1S/C31H47N3O4/c1-7-14-34(15-8-2)31(37)26-17-23(5)16-25(20-26)30(36)33-28(29(35)21-32-13-12-22(3)4)19-24-10-9-11-27(18-24)38-6/h9-11,16-18,20,22,28-29,32,35H,7-8,12-15,19,21H2,1-6H3,(H,33,36)/t28-,29+/m0/s1. The largest absolute Gasteiger partial charge is 0.497 e. The minimum Gasteiger partial charge on any atom is -0.497 e. The van der Waals surface area contributed by atoms with E-state index in [0.717, 1.165) is 42.7 Å². The summed E-state index contributed by atoms with van der Waals surface area (Å²) in [5.74, 6) is 0.918. The van der Waals surface area contributed by atoms with Gasteiger partial charge in [0.2, 0.25) is 0 Å². The van der Waals surface area contributed by atoms with Crippen molar-refractivity contribution in [1.82, 2.24) is 15.5 Å². The summed E-state index contributed by atoms with van der Waals surface area (Å²) in [6.45, 7) is 12.8. The summed E-state index contributed by atoms with van der Waals surface area (Å²) in [7, 11) is 1.62. The zero-order valence-electron chi connectivity index (χ0n) is 24.0. The lowest BCUT2D eigenvalue weighted by Crippen LogP contribution is -2.49. The van der Waals surface area contributed by atoms with Crippen molar-refractivity contribution in [3.63, 3.8) is 0 Å². The average Bonchev–Trinajstić information content (AvgIpc) is 2.89. The van der Waals surface area contributed by atoms with Crippen molar-refractivity contribution < 1.29 is 19.4 Å². The van der Waals surface area contributed by atoms with E-state index in [4.69, 9.17) is 4.74 Å². The fraction of sp³-hybridized carbons (Fsp3) is 0.548. The Bertz CT molecular complexity index is 1020. The van der Waals surface area contributed by atoms with Crippen LogP contribution in [0.4, 0.5) is 0 Å². The molecule has 0 aliphatic rings. The van der Waals surface area contributed by atoms with E-state index in [1.807, 2.05) is 42.2 Å². The number of methoxy groups -OCH3 is 1. The van der Waals surface area contributed by atoms with Crippen LogP contribution in [0.3, 0.4) is 0 Å². The molecule has 7 heteroatoms. The Morgan fingerprint density at radius 2 is 1.71 bits per heavy atom. The maximum atomic E-state index is 13.4. The zero-order chi connectivity index (χ0) is 28.1. The van der Waals surface area contributed by atoms with Crippen LogP contribution in [0.2, 0.25) is 0 Å². The van der Waals surface area contributed by atoms with E-state index in [1.54, 1.807) is 19.2 Å². The molecule has 0 radical (unpaired) electrons. The molecule has 2 aromatic carbocycles. The maximum absolute atomic E-state index is 13.4. The molecule has 7 nitrogen and oxygen atoms in total. The second-order valence-corrected chi connectivity index (χ2v) is 10.5. The lowest BCUT2D eigenvalue weighted by atomic mass is 9.99. The highest BCUT2D eigenvalue weighted by atomic mass is 16.5. The zero-order valence-corrected chi connectivity index (χ0v) is 24.0. The molecular formula is C31H47N3O4. The lowest BCUT2D eigenvalue weighted by Gasteiger charge is -2.26. The predicted molar refractivity (Wildman–Crippen MR) is 154 cm³/mol. The normalized spacial score (nSPS) is 12.7. The molecule has 2 rings (SSSR count). The van der Waals surface area contributed by atoms with Crippen molar-refractivity contribution in [2.24, 2.45) is 5.92 Å². The number of amides is 2. The van der Waals surface area contributed by atoms with Crippen molar-refractivity contribution >= 4 is 11.8 Å². The van der Waals surface area contributed by atoms with Crippen LogP contribution in [0.25, 0.3) is 0 Å². The number of nitrogens with zero attached hydrogens (tertiary/aromatic N) is 1. The number of hydrogen-bond acceptors (Lipinski definition) is 5. The summed E-state index contributed by atoms with van der Waals surface area (Å²) >= 11 is 0. The highest BCUT2D eigenvalue weighted by Crippen LogP contribution is 2.17. The monoisotopic (exact) mass is 525 g/mol. The SMILES string of the molecule is CCCN(CCC)C(=O)c1cc(C)cc(C(=O)N[C@@H](Cc2cccc(OC)c2)[C@H](O)CNCCC(C)C)c1. The summed E-state index contributed by atoms with van der Waals surface area (Å²) < 4.78 is 5.35. The van der Waals surface area contributed by atoms with Gasteiger partial charge in [-0.3, -0.25) is 9.59 Å². The molecule has 2 aromatic rings. The Kier molecular flexibility index (Phi) is 13.3. The van der Waals surface area contributed by atoms with Crippen LogP contribution in [0.15, 0.2) is 42.5 Å². The lowest BCUT2D eigenvalue weighted by molar-refractivity contribution is 0.0755. The number of aliphatic hydroxyl groups is 1. The van der Waals surface area contributed by atoms with Crippen molar-refractivity contribution in [2.45, 2.75) is 72.4 Å². The predicted octanol–water partition coefficient (Wildman–Crippen LogP) is 4.60. The van der Waals surface area contributed by atoms with Gasteiger partial charge in [0, 0.05) is 30.8 Å². The smallest absolute Gasteiger partial charge is 0.253 e. The molecule has 0 unspecified atom stereocenters. The summed E-state index contributed by atoms with van der Waals surface area (Å²) in [4.78, 5) is 28.5. The molecule has 0 aliphatic carbocycles. The van der Waals surface area contributed by atoms with Gasteiger partial charge >= 0.3 is 0 Å². The van der Waals surface area contributed by atoms with Gasteiger partial charge in [0.1, 0.15) is 5.75 Å². The van der Waals surface area contributed by atoms with Crippen LogP contribution in [-0.2, 0) is 6.42 Å². The quantitative estimate of drug-likeness (QED) is 0.279. The molecule has 0 bridgehead atoms. The van der Waals surface area contributed by atoms with Gasteiger partial charge in [-0.25, -0.2) is 0 Å². The Morgan fingerprint density at radius 3 is 2.34 bits per heavy atom. The van der Waals surface area contributed by atoms with E-state index in [-0.39, 0.29) is 11.8 Å². The summed E-state index contributed by atoms with van der Waals surface area (Å²) in [5.41, 5.74) is 2.72. The van der Waals surface area contributed by atoms with Gasteiger partial charge in [-0.2, -0.15) is 0 Å². The second kappa shape index (κ2) is 16.1. The topological polar surface area (TPSA) is 90.9 Å². The first-order valence-electron chi connectivity index (χ1n) is 13.9. The molecule has 2 atom stereocenters. The van der Waals surface area contributed by atoms with Crippen LogP contribution >= 0.6 is 0 Å². The van der Waals surface area contributed by atoms with Crippen LogP contribution in [0.1, 0.15) is 78.8 Å². The molecule has 0 saturated carbocycles. The van der Waals surface area contributed by atoms with Gasteiger partial charge in [-0.05, 0) is 86.5 Å². The third-order valence-corrected chi connectivity index (χ3v) is 6.48. The summed E-state index contributed by atoms with van der Waals surface area (Å²) in [6, 6.07) is 12.4. The van der Waals surface area contributed by atoms with Crippen LogP contribution in [0, 0.1) is 12.8 Å². The third-order valence-electron chi connectivity index (χ3n) is 6.48. The molecular weight excluding hydrogens is 478 g/mol. The Balaban J connectivity index is 2.25. The van der Waals surface area contributed by atoms with Crippen molar-refractivity contribution in [3.8, 4) is 5.75 Å². The molecule has 0 heterocycles. The van der Waals surface area contributed by atoms with Crippen LogP contribution < -0.4 is 15.4 Å². The molecule has 3 N–H and O–H groups in total. The highest BCUT2D eigenvalue weighted by molar-refractivity contribution is 6.00. The van der Waals surface area contributed by atoms with E-state index in [1.165, 1.54) is 0 Å². The number of carbonyl (C=O) groups excluding carboxylic acids is 2. The van der Waals surface area contributed by atoms with Gasteiger partial charge in [0.05, 0.1) is 19.3 Å². The van der Waals surface area contributed by atoms with Crippen LogP contribution in [-0.4, -0.2) is 67.3 Å². The molecule has 0 aromatic heterocycles. The Hall–Kier alpha value is -2.90. The molecule has 0 saturated heterocycles. The van der Waals surface area contributed by atoms with E-state index in [2.05, 4.69) is 38.3 Å². The van der Waals surface area contributed by atoms with Gasteiger partial charge in [0.25, 0.3) is 11.8 Å². The van der Waals surface area contributed by atoms with Gasteiger partial charge in [-0.1, -0.05) is 39.8 Å². The Labute approximate surface area is 229 Å². The first-order valence-corrected chi connectivity index (χ1v) is 13.9. The number of aryl methyl sites for hydroxylation is 1. The van der Waals surface area contributed by atoms with E-state index in [0.29, 0.717) is 43.1 Å². The number of ether oxygens (including phenoxy) is 1. The number of rotatable bonds is 16. The number of hydrogen-bond donors (Lipinski definition) is 3. The summed E-state index contributed by atoms with van der Waals surface area (Å²) in [5, 5.41) is 17.4. The second-order valence-electron chi connectivity index (χ2n) is 10.5. The number of nitrogens with one attached hydrogen (secondary N) is 2. The third kappa shape index (κ3) is 10.1. The first-order chi connectivity index (χ1) is 18.2. The minimum atomic E-state index is -0.798. The van der Waals surface area contributed by atoms with E-state index >= 15 is 0 Å². The first kappa shape index (κ1) is 31.3. The molecule has 0 aliphatic heterocycles. The van der Waals surface area contributed by atoms with E-state index < -0.39 is 12.1 Å². The fourth-order valence-corrected chi connectivity index (χ4v) is 4.45. The molecule has 38 heavy (non-hydrogen) atoms. The Morgan fingerprint density at radius 1 is 1.03 bits per heavy atom.